The van der Waals surface area contributed by atoms with E-state index in [2.05, 4.69) is 54.2 Å². The van der Waals surface area contributed by atoms with Crippen LogP contribution in [0.1, 0.15) is 62.3 Å². The van der Waals surface area contributed by atoms with E-state index in [9.17, 15) is 0 Å². The summed E-state index contributed by atoms with van der Waals surface area (Å²) in [6.07, 6.45) is -0.325. The van der Waals surface area contributed by atoms with Gasteiger partial charge in [-0.25, -0.2) is 0 Å². The lowest BCUT2D eigenvalue weighted by atomic mass is 10.1. The van der Waals surface area contributed by atoms with Gasteiger partial charge in [-0.2, -0.15) is 12.6 Å². The molecule has 0 aromatic carbocycles. The van der Waals surface area contributed by atoms with Crippen LogP contribution in [0.3, 0.4) is 0 Å². The molecule has 0 saturated carbocycles. The molecular formula is C18H38O4SSi. The molecule has 0 N–H and O–H groups in total. The fourth-order valence-corrected chi connectivity index (χ4v) is 10.0. The standard InChI is InChI=1S/C18H38O4SSi/c1-12(2)24(13(3)4,14(5)6)20-10-16-17(15(7)19-11-23)22-18(8,9)21-16/h12-17,23H,10-11H2,1-9H3/t15-,16+,17-/m1/s1. The summed E-state index contributed by atoms with van der Waals surface area (Å²) in [6, 6.07) is 0. The van der Waals surface area contributed by atoms with Gasteiger partial charge >= 0.3 is 0 Å². The van der Waals surface area contributed by atoms with Gasteiger partial charge in [-0.05, 0) is 37.4 Å². The molecule has 0 radical (unpaired) electrons. The number of hydrogen-bond acceptors (Lipinski definition) is 5. The average molecular weight is 379 g/mol. The first-order valence-electron chi connectivity index (χ1n) is 9.20. The summed E-state index contributed by atoms with van der Waals surface area (Å²) < 4.78 is 24.6. The van der Waals surface area contributed by atoms with Crippen molar-refractivity contribution in [2.75, 3.05) is 12.5 Å². The van der Waals surface area contributed by atoms with E-state index < -0.39 is 14.1 Å². The van der Waals surface area contributed by atoms with Crippen molar-refractivity contribution in [1.29, 1.82) is 0 Å². The molecular weight excluding hydrogens is 340 g/mol. The van der Waals surface area contributed by atoms with Crippen LogP contribution in [0.25, 0.3) is 0 Å². The second-order valence-corrected chi connectivity index (χ2v) is 14.0. The number of hydrogen-bond donors (Lipinski definition) is 1. The summed E-state index contributed by atoms with van der Waals surface area (Å²) in [6.45, 7) is 20.3. The molecule has 144 valence electrons. The molecule has 1 fully saturated rings. The van der Waals surface area contributed by atoms with Crippen LogP contribution in [0, 0.1) is 0 Å². The fourth-order valence-electron chi connectivity index (χ4n) is 4.33. The van der Waals surface area contributed by atoms with Gasteiger partial charge in [-0.1, -0.05) is 41.5 Å². The molecule has 0 aromatic heterocycles. The highest BCUT2D eigenvalue weighted by atomic mass is 32.1. The third kappa shape index (κ3) is 4.98. The molecule has 0 aromatic rings. The zero-order valence-electron chi connectivity index (χ0n) is 17.0. The van der Waals surface area contributed by atoms with E-state index >= 15 is 0 Å². The van der Waals surface area contributed by atoms with Gasteiger partial charge in [0, 0.05) is 0 Å². The van der Waals surface area contributed by atoms with Gasteiger partial charge in [0.15, 0.2) is 14.1 Å². The molecule has 0 spiro atoms. The Balaban J connectivity index is 2.91. The Hall–Kier alpha value is 0.407. The molecule has 0 unspecified atom stereocenters. The maximum Gasteiger partial charge on any atom is 0.200 e. The van der Waals surface area contributed by atoms with E-state index in [-0.39, 0.29) is 18.3 Å². The van der Waals surface area contributed by atoms with Crippen LogP contribution in [0.15, 0.2) is 0 Å². The van der Waals surface area contributed by atoms with E-state index in [0.717, 1.165) is 0 Å². The number of rotatable bonds is 9. The van der Waals surface area contributed by atoms with Crippen molar-refractivity contribution in [1.82, 2.24) is 0 Å². The zero-order valence-corrected chi connectivity index (χ0v) is 18.9. The monoisotopic (exact) mass is 378 g/mol. The Kier molecular flexibility index (Phi) is 8.29. The predicted molar refractivity (Wildman–Crippen MR) is 105 cm³/mol. The average Bonchev–Trinajstić information content (AvgIpc) is 2.74. The van der Waals surface area contributed by atoms with E-state index in [4.69, 9.17) is 18.6 Å². The molecule has 4 nitrogen and oxygen atoms in total. The lowest BCUT2D eigenvalue weighted by molar-refractivity contribution is -0.157. The van der Waals surface area contributed by atoms with Gasteiger partial charge in [0.05, 0.1) is 18.6 Å². The molecule has 1 aliphatic heterocycles. The molecule has 6 heteroatoms. The summed E-state index contributed by atoms with van der Waals surface area (Å²) in [5.41, 5.74) is 1.66. The highest BCUT2D eigenvalue weighted by Gasteiger charge is 2.49. The summed E-state index contributed by atoms with van der Waals surface area (Å²) in [5, 5.41) is 0. The van der Waals surface area contributed by atoms with Crippen molar-refractivity contribution in [3.63, 3.8) is 0 Å². The first-order chi connectivity index (χ1) is 11.0. The molecule has 3 atom stereocenters. The van der Waals surface area contributed by atoms with Crippen molar-refractivity contribution in [3.05, 3.63) is 0 Å². The van der Waals surface area contributed by atoms with Crippen LogP contribution in [0.5, 0.6) is 0 Å². The summed E-state index contributed by atoms with van der Waals surface area (Å²) >= 11 is 4.16. The highest BCUT2D eigenvalue weighted by Crippen LogP contribution is 2.43. The van der Waals surface area contributed by atoms with Crippen molar-refractivity contribution in [2.24, 2.45) is 0 Å². The van der Waals surface area contributed by atoms with Crippen molar-refractivity contribution >= 4 is 20.9 Å². The van der Waals surface area contributed by atoms with Gasteiger partial charge < -0.3 is 18.6 Å². The van der Waals surface area contributed by atoms with Crippen LogP contribution in [0.4, 0.5) is 0 Å². The van der Waals surface area contributed by atoms with E-state index in [0.29, 0.717) is 29.2 Å². The highest BCUT2D eigenvalue weighted by molar-refractivity contribution is 7.80. The Morgan fingerprint density at radius 1 is 0.958 bits per heavy atom. The number of ether oxygens (including phenoxy) is 3. The van der Waals surface area contributed by atoms with Crippen molar-refractivity contribution < 1.29 is 18.6 Å². The Bertz CT molecular complexity index is 365. The molecule has 1 saturated heterocycles. The second-order valence-electron chi connectivity index (χ2n) is 8.27. The fraction of sp³-hybridized carbons (Fsp3) is 1.00. The van der Waals surface area contributed by atoms with Gasteiger partial charge in [-0.3, -0.25) is 0 Å². The van der Waals surface area contributed by atoms with Crippen LogP contribution in [0.2, 0.25) is 16.6 Å². The van der Waals surface area contributed by atoms with Gasteiger partial charge in [-0.15, -0.1) is 0 Å². The Morgan fingerprint density at radius 3 is 1.88 bits per heavy atom. The summed E-state index contributed by atoms with van der Waals surface area (Å²) in [4.78, 5) is 0. The van der Waals surface area contributed by atoms with Crippen LogP contribution in [-0.4, -0.2) is 45.0 Å². The van der Waals surface area contributed by atoms with Gasteiger partial charge in [0.2, 0.25) is 0 Å². The van der Waals surface area contributed by atoms with Gasteiger partial charge in [0.1, 0.15) is 12.2 Å². The third-order valence-electron chi connectivity index (χ3n) is 5.23. The maximum atomic E-state index is 6.71. The minimum Gasteiger partial charge on any atom is -0.413 e. The Morgan fingerprint density at radius 2 is 1.46 bits per heavy atom. The topological polar surface area (TPSA) is 36.9 Å². The van der Waals surface area contributed by atoms with E-state index in [1.165, 1.54) is 0 Å². The lowest BCUT2D eigenvalue weighted by Gasteiger charge is -2.43. The first kappa shape index (κ1) is 22.4. The second kappa shape index (κ2) is 8.87. The van der Waals surface area contributed by atoms with E-state index in [1.54, 1.807) is 0 Å². The first-order valence-corrected chi connectivity index (χ1v) is 12.0. The smallest absolute Gasteiger partial charge is 0.200 e. The molecule has 0 amide bonds. The predicted octanol–water partition coefficient (Wildman–Crippen LogP) is 4.99. The SMILES string of the molecule is CC(C)[Si](OC[C@@H]1OC(C)(C)O[C@@H]1[C@@H](C)OCS)(C(C)C)C(C)C. The van der Waals surface area contributed by atoms with Crippen LogP contribution in [-0.2, 0) is 18.6 Å². The molecule has 1 aliphatic rings. The normalized spacial score (nSPS) is 25.9. The molecule has 0 aliphatic carbocycles. The largest absolute Gasteiger partial charge is 0.413 e. The lowest BCUT2D eigenvalue weighted by Crippen LogP contribution is -2.50. The summed E-state index contributed by atoms with van der Waals surface area (Å²) in [5.74, 6) is -0.234. The molecule has 0 bridgehead atoms. The quantitative estimate of drug-likeness (QED) is 0.348. The number of thiol groups is 1. The molecule has 1 rings (SSSR count). The van der Waals surface area contributed by atoms with E-state index in [1.807, 2.05) is 20.8 Å². The zero-order chi connectivity index (χ0) is 18.7. The Labute approximate surface area is 155 Å². The third-order valence-corrected chi connectivity index (χ3v) is 11.5. The molecule has 1 heterocycles. The molecule has 24 heavy (non-hydrogen) atoms. The van der Waals surface area contributed by atoms with Gasteiger partial charge in [0.25, 0.3) is 0 Å². The van der Waals surface area contributed by atoms with Crippen LogP contribution >= 0.6 is 12.6 Å². The minimum absolute atomic E-state index is 0.0777. The van der Waals surface area contributed by atoms with Crippen molar-refractivity contribution in [3.8, 4) is 0 Å². The maximum absolute atomic E-state index is 6.71. The van der Waals surface area contributed by atoms with Crippen molar-refractivity contribution in [2.45, 2.75) is 103 Å². The van der Waals surface area contributed by atoms with Crippen LogP contribution < -0.4 is 0 Å². The minimum atomic E-state index is -1.92. The summed E-state index contributed by atoms with van der Waals surface area (Å²) in [7, 11) is -1.92.